The van der Waals surface area contributed by atoms with Crippen LogP contribution in [0.5, 0.6) is 0 Å². The minimum absolute atomic E-state index is 0.0363. The third-order valence-electron chi connectivity index (χ3n) is 3.27. The van der Waals surface area contributed by atoms with Gasteiger partial charge in [-0.15, -0.1) is 0 Å². The van der Waals surface area contributed by atoms with E-state index in [1.165, 1.54) is 0 Å². The van der Waals surface area contributed by atoms with Crippen molar-refractivity contribution in [2.24, 2.45) is 17.3 Å². The van der Waals surface area contributed by atoms with Crippen LogP contribution >= 0.6 is 0 Å². The second-order valence-electron chi connectivity index (χ2n) is 4.84. The first kappa shape index (κ1) is 11.5. The van der Waals surface area contributed by atoms with Crippen molar-refractivity contribution in [1.82, 2.24) is 0 Å². The molecule has 0 aromatic rings. The number of rotatable bonds is 3. The molecule has 0 saturated heterocycles. The maximum atomic E-state index is 11.4. The maximum Gasteiger partial charge on any atom is 0.309 e. The van der Waals surface area contributed by atoms with E-state index < -0.39 is 0 Å². The van der Waals surface area contributed by atoms with Crippen LogP contribution in [-0.4, -0.2) is 23.8 Å². The van der Waals surface area contributed by atoms with Gasteiger partial charge in [-0.05, 0) is 24.7 Å². The summed E-state index contributed by atoms with van der Waals surface area (Å²) in [6.07, 6.45) is 0.524. The van der Waals surface area contributed by atoms with Crippen LogP contribution in [0.15, 0.2) is 0 Å². The summed E-state index contributed by atoms with van der Waals surface area (Å²) in [6, 6.07) is 0. The quantitative estimate of drug-likeness (QED) is 0.704. The molecular weight excluding hydrogens is 180 g/mol. The standard InChI is InChI=1S/C11H20O3/c1-5-14-10(13)7(2)8-6-11(3,4)9(8)12/h7-9,12H,5-6H2,1-4H3/t7-,8-,9-/m1/s1. The second kappa shape index (κ2) is 3.89. The van der Waals surface area contributed by atoms with Crippen molar-refractivity contribution in [2.45, 2.75) is 40.2 Å². The average molecular weight is 200 g/mol. The van der Waals surface area contributed by atoms with Gasteiger partial charge in [0.15, 0.2) is 0 Å². The predicted octanol–water partition coefficient (Wildman–Crippen LogP) is 1.59. The molecular formula is C11H20O3. The van der Waals surface area contributed by atoms with E-state index in [4.69, 9.17) is 4.74 Å². The van der Waals surface area contributed by atoms with E-state index in [-0.39, 0.29) is 29.3 Å². The first-order chi connectivity index (χ1) is 6.40. The maximum absolute atomic E-state index is 11.4. The zero-order valence-electron chi connectivity index (χ0n) is 9.41. The van der Waals surface area contributed by atoms with Gasteiger partial charge in [-0.1, -0.05) is 20.8 Å². The normalized spacial score (nSPS) is 31.8. The molecule has 0 radical (unpaired) electrons. The number of aliphatic hydroxyl groups excluding tert-OH is 1. The summed E-state index contributed by atoms with van der Waals surface area (Å²) >= 11 is 0. The molecule has 1 fully saturated rings. The molecule has 1 saturated carbocycles. The number of carbonyl (C=O) groups is 1. The highest BCUT2D eigenvalue weighted by Gasteiger charge is 2.50. The molecule has 14 heavy (non-hydrogen) atoms. The third-order valence-corrected chi connectivity index (χ3v) is 3.27. The molecule has 3 nitrogen and oxygen atoms in total. The van der Waals surface area contributed by atoms with Gasteiger partial charge in [-0.3, -0.25) is 4.79 Å². The Bertz CT molecular complexity index is 223. The van der Waals surface area contributed by atoms with Gasteiger partial charge in [0, 0.05) is 0 Å². The van der Waals surface area contributed by atoms with Crippen LogP contribution in [-0.2, 0) is 9.53 Å². The first-order valence-corrected chi connectivity index (χ1v) is 5.25. The topological polar surface area (TPSA) is 46.5 Å². The van der Waals surface area contributed by atoms with Crippen LogP contribution in [0.25, 0.3) is 0 Å². The molecule has 1 rings (SSSR count). The SMILES string of the molecule is CCOC(=O)[C@H](C)[C@H]1CC(C)(C)[C@@H]1O. The van der Waals surface area contributed by atoms with E-state index in [1.807, 2.05) is 20.8 Å². The fraction of sp³-hybridized carbons (Fsp3) is 0.909. The smallest absolute Gasteiger partial charge is 0.309 e. The Hall–Kier alpha value is -0.570. The first-order valence-electron chi connectivity index (χ1n) is 5.25. The van der Waals surface area contributed by atoms with E-state index in [9.17, 15) is 9.90 Å². The molecule has 3 heteroatoms. The molecule has 1 aliphatic carbocycles. The highest BCUT2D eigenvalue weighted by molar-refractivity contribution is 5.72. The molecule has 82 valence electrons. The third kappa shape index (κ3) is 1.92. The van der Waals surface area contributed by atoms with Crippen LogP contribution < -0.4 is 0 Å². The zero-order valence-corrected chi connectivity index (χ0v) is 9.41. The highest BCUT2D eigenvalue weighted by Crippen LogP contribution is 2.48. The fourth-order valence-electron chi connectivity index (χ4n) is 2.16. The van der Waals surface area contributed by atoms with Gasteiger partial charge in [0.25, 0.3) is 0 Å². The summed E-state index contributed by atoms with van der Waals surface area (Å²) in [5.74, 6) is -0.297. The Morgan fingerprint density at radius 1 is 1.64 bits per heavy atom. The molecule has 0 bridgehead atoms. The minimum atomic E-state index is -0.373. The summed E-state index contributed by atoms with van der Waals surface area (Å²) in [5, 5.41) is 9.82. The number of ether oxygens (including phenoxy) is 1. The Morgan fingerprint density at radius 2 is 2.21 bits per heavy atom. The molecule has 0 heterocycles. The van der Waals surface area contributed by atoms with Gasteiger partial charge in [0.1, 0.15) is 0 Å². The van der Waals surface area contributed by atoms with Crippen LogP contribution in [0.3, 0.4) is 0 Å². The van der Waals surface area contributed by atoms with E-state index >= 15 is 0 Å². The number of carbonyl (C=O) groups excluding carboxylic acids is 1. The van der Waals surface area contributed by atoms with Crippen LogP contribution in [0.4, 0.5) is 0 Å². The minimum Gasteiger partial charge on any atom is -0.466 e. The number of hydrogen-bond acceptors (Lipinski definition) is 3. The lowest BCUT2D eigenvalue weighted by atomic mass is 9.58. The Kier molecular flexibility index (Phi) is 3.20. The molecule has 1 aliphatic rings. The summed E-state index contributed by atoms with van der Waals surface area (Å²) in [5.41, 5.74) is -0.0363. The van der Waals surface area contributed by atoms with Gasteiger partial charge in [0.05, 0.1) is 18.6 Å². The van der Waals surface area contributed by atoms with Crippen molar-refractivity contribution >= 4 is 5.97 Å². The Labute approximate surface area is 85.5 Å². The van der Waals surface area contributed by atoms with Crippen LogP contribution in [0.1, 0.15) is 34.1 Å². The van der Waals surface area contributed by atoms with Gasteiger partial charge in [-0.2, -0.15) is 0 Å². The van der Waals surface area contributed by atoms with Crippen molar-refractivity contribution in [3.63, 3.8) is 0 Å². The van der Waals surface area contributed by atoms with Crippen molar-refractivity contribution in [2.75, 3.05) is 6.61 Å². The van der Waals surface area contributed by atoms with Crippen molar-refractivity contribution in [3.8, 4) is 0 Å². The van der Waals surface area contributed by atoms with Crippen molar-refractivity contribution in [3.05, 3.63) is 0 Å². The lowest BCUT2D eigenvalue weighted by Crippen LogP contribution is -2.52. The number of aliphatic hydroxyl groups is 1. The van der Waals surface area contributed by atoms with Gasteiger partial charge in [0.2, 0.25) is 0 Å². The Balaban J connectivity index is 2.48. The van der Waals surface area contributed by atoms with Crippen LogP contribution in [0.2, 0.25) is 0 Å². The molecule has 0 amide bonds. The van der Waals surface area contributed by atoms with Crippen molar-refractivity contribution in [1.29, 1.82) is 0 Å². The summed E-state index contributed by atoms with van der Waals surface area (Å²) in [6.45, 7) is 8.08. The average Bonchev–Trinajstić information content (AvgIpc) is 2.13. The molecule has 0 aromatic heterocycles. The monoisotopic (exact) mass is 200 g/mol. The van der Waals surface area contributed by atoms with Crippen molar-refractivity contribution < 1.29 is 14.6 Å². The highest BCUT2D eigenvalue weighted by atomic mass is 16.5. The summed E-state index contributed by atoms with van der Waals surface area (Å²) in [4.78, 5) is 11.4. The summed E-state index contributed by atoms with van der Waals surface area (Å²) in [7, 11) is 0. The fourth-order valence-corrected chi connectivity index (χ4v) is 2.16. The largest absolute Gasteiger partial charge is 0.466 e. The molecule has 0 aliphatic heterocycles. The van der Waals surface area contributed by atoms with E-state index in [2.05, 4.69) is 0 Å². The second-order valence-corrected chi connectivity index (χ2v) is 4.84. The van der Waals surface area contributed by atoms with E-state index in [0.717, 1.165) is 6.42 Å². The molecule has 0 aromatic carbocycles. The zero-order chi connectivity index (χ0) is 10.9. The number of hydrogen-bond donors (Lipinski definition) is 1. The van der Waals surface area contributed by atoms with Gasteiger partial charge in [-0.25, -0.2) is 0 Å². The number of esters is 1. The van der Waals surface area contributed by atoms with Crippen LogP contribution in [0, 0.1) is 17.3 Å². The van der Waals surface area contributed by atoms with E-state index in [1.54, 1.807) is 6.92 Å². The van der Waals surface area contributed by atoms with Gasteiger partial charge >= 0.3 is 5.97 Å². The van der Waals surface area contributed by atoms with E-state index in [0.29, 0.717) is 6.61 Å². The Morgan fingerprint density at radius 3 is 2.57 bits per heavy atom. The molecule has 0 unspecified atom stereocenters. The predicted molar refractivity (Wildman–Crippen MR) is 53.7 cm³/mol. The lowest BCUT2D eigenvalue weighted by Gasteiger charge is -2.50. The lowest BCUT2D eigenvalue weighted by molar-refractivity contribution is -0.165. The van der Waals surface area contributed by atoms with Gasteiger partial charge < -0.3 is 9.84 Å². The summed E-state index contributed by atoms with van der Waals surface area (Å²) < 4.78 is 4.93. The molecule has 3 atom stereocenters. The molecule has 0 spiro atoms. The molecule has 1 N–H and O–H groups in total.